The first-order chi connectivity index (χ1) is 9.24. The van der Waals surface area contributed by atoms with E-state index in [1.54, 1.807) is 11.3 Å². The van der Waals surface area contributed by atoms with E-state index in [0.717, 1.165) is 10.8 Å². The van der Waals surface area contributed by atoms with Crippen molar-refractivity contribution in [3.05, 3.63) is 58.6 Å². The van der Waals surface area contributed by atoms with Gasteiger partial charge >= 0.3 is 0 Å². The first-order valence-corrected chi connectivity index (χ1v) is 7.34. The largest absolute Gasteiger partial charge is 0.363 e. The second-order valence-electron chi connectivity index (χ2n) is 4.41. The molecule has 4 heteroatoms. The van der Waals surface area contributed by atoms with Gasteiger partial charge in [-0.15, -0.1) is 11.3 Å². The van der Waals surface area contributed by atoms with Crippen LogP contribution in [0.3, 0.4) is 0 Å². The highest BCUT2D eigenvalue weighted by Gasteiger charge is 2.09. The molecule has 96 valence electrons. The van der Waals surface area contributed by atoms with E-state index in [-0.39, 0.29) is 6.04 Å². The summed E-state index contributed by atoms with van der Waals surface area (Å²) in [6.07, 6.45) is 1.84. The van der Waals surface area contributed by atoms with Crippen LogP contribution in [0.1, 0.15) is 18.5 Å². The minimum absolute atomic E-state index is 0.190. The Bertz CT molecular complexity index is 691. The van der Waals surface area contributed by atoms with E-state index in [4.69, 9.17) is 11.6 Å². The van der Waals surface area contributed by atoms with Gasteiger partial charge in [0, 0.05) is 27.3 Å². The number of fused-ring (bicyclic) bond motifs is 1. The standard InChI is InChI=1S/C15H13ClN2S/c1-10(11-2-4-12(16)5-3-11)18-15-13-7-9-19-14(13)6-8-17-15/h2-10H,1H3,(H,17,18). The van der Waals surface area contributed by atoms with Gasteiger partial charge in [0.05, 0.1) is 0 Å². The molecule has 0 spiro atoms. The van der Waals surface area contributed by atoms with E-state index in [1.165, 1.54) is 15.6 Å². The van der Waals surface area contributed by atoms with Crippen molar-refractivity contribution in [2.24, 2.45) is 0 Å². The Hall–Kier alpha value is -1.58. The van der Waals surface area contributed by atoms with Crippen molar-refractivity contribution in [3.8, 4) is 0 Å². The molecule has 1 aromatic carbocycles. The second-order valence-corrected chi connectivity index (χ2v) is 5.79. The third-order valence-corrected chi connectivity index (χ3v) is 4.24. The van der Waals surface area contributed by atoms with Crippen molar-refractivity contribution in [2.75, 3.05) is 5.32 Å². The van der Waals surface area contributed by atoms with Crippen molar-refractivity contribution in [1.82, 2.24) is 4.98 Å². The van der Waals surface area contributed by atoms with Crippen molar-refractivity contribution in [3.63, 3.8) is 0 Å². The maximum atomic E-state index is 5.91. The van der Waals surface area contributed by atoms with Gasteiger partial charge in [-0.25, -0.2) is 4.98 Å². The molecular weight excluding hydrogens is 276 g/mol. The molecule has 1 atom stereocenters. The van der Waals surface area contributed by atoms with Crippen LogP contribution in [0, 0.1) is 0 Å². The Kier molecular flexibility index (Phi) is 3.40. The predicted octanol–water partition coefficient (Wildman–Crippen LogP) is 5.12. The SMILES string of the molecule is CC(Nc1nccc2sccc12)c1ccc(Cl)cc1. The van der Waals surface area contributed by atoms with Crippen LogP contribution >= 0.6 is 22.9 Å². The van der Waals surface area contributed by atoms with Crippen molar-refractivity contribution < 1.29 is 0 Å². The van der Waals surface area contributed by atoms with Gasteiger partial charge in [-0.1, -0.05) is 23.7 Å². The molecule has 1 unspecified atom stereocenters. The van der Waals surface area contributed by atoms with Crippen LogP contribution in [-0.2, 0) is 0 Å². The number of aromatic nitrogens is 1. The van der Waals surface area contributed by atoms with Gasteiger partial charge < -0.3 is 5.32 Å². The third-order valence-electron chi connectivity index (χ3n) is 3.10. The average molecular weight is 289 g/mol. The molecule has 0 saturated carbocycles. The Morgan fingerprint density at radius 1 is 1.16 bits per heavy atom. The number of nitrogens with zero attached hydrogens (tertiary/aromatic N) is 1. The minimum atomic E-state index is 0.190. The number of thiophene rings is 1. The number of nitrogens with one attached hydrogen (secondary N) is 1. The van der Waals surface area contributed by atoms with Gasteiger partial charge in [0.15, 0.2) is 0 Å². The summed E-state index contributed by atoms with van der Waals surface area (Å²) in [6, 6.07) is 12.2. The number of pyridine rings is 1. The predicted molar refractivity (Wildman–Crippen MR) is 83.1 cm³/mol. The van der Waals surface area contributed by atoms with Crippen LogP contribution < -0.4 is 5.32 Å². The molecule has 3 rings (SSSR count). The van der Waals surface area contributed by atoms with Crippen molar-refractivity contribution >= 4 is 38.8 Å². The Morgan fingerprint density at radius 3 is 2.74 bits per heavy atom. The van der Waals surface area contributed by atoms with Crippen LogP contribution in [0.2, 0.25) is 5.02 Å². The molecule has 0 saturated heterocycles. The summed E-state index contributed by atoms with van der Waals surface area (Å²) in [5.74, 6) is 0.932. The fourth-order valence-electron chi connectivity index (χ4n) is 2.05. The molecule has 2 nitrogen and oxygen atoms in total. The van der Waals surface area contributed by atoms with E-state index >= 15 is 0 Å². The zero-order valence-electron chi connectivity index (χ0n) is 10.4. The van der Waals surface area contributed by atoms with E-state index in [1.807, 2.05) is 36.5 Å². The lowest BCUT2D eigenvalue weighted by Crippen LogP contribution is -2.07. The van der Waals surface area contributed by atoms with Gasteiger partial charge in [-0.2, -0.15) is 0 Å². The van der Waals surface area contributed by atoms with Crippen LogP contribution in [0.5, 0.6) is 0 Å². The molecule has 0 amide bonds. The molecule has 0 aliphatic rings. The first-order valence-electron chi connectivity index (χ1n) is 6.08. The Morgan fingerprint density at radius 2 is 1.95 bits per heavy atom. The summed E-state index contributed by atoms with van der Waals surface area (Å²) in [7, 11) is 0. The summed E-state index contributed by atoms with van der Waals surface area (Å²) in [5, 5.41) is 7.48. The molecule has 1 N–H and O–H groups in total. The molecule has 0 radical (unpaired) electrons. The number of benzene rings is 1. The smallest absolute Gasteiger partial charge is 0.135 e. The fourth-order valence-corrected chi connectivity index (χ4v) is 2.96. The van der Waals surface area contributed by atoms with Crippen molar-refractivity contribution in [2.45, 2.75) is 13.0 Å². The zero-order chi connectivity index (χ0) is 13.2. The summed E-state index contributed by atoms with van der Waals surface area (Å²) in [4.78, 5) is 4.43. The molecule has 3 aromatic rings. The number of halogens is 1. The summed E-state index contributed by atoms with van der Waals surface area (Å²) in [6.45, 7) is 2.12. The second kappa shape index (κ2) is 5.19. The Balaban J connectivity index is 1.88. The molecule has 0 fully saturated rings. The molecule has 2 aromatic heterocycles. The van der Waals surface area contributed by atoms with E-state index in [9.17, 15) is 0 Å². The molecule has 0 aliphatic heterocycles. The van der Waals surface area contributed by atoms with Crippen LogP contribution in [0.15, 0.2) is 48.0 Å². The maximum Gasteiger partial charge on any atom is 0.135 e. The van der Waals surface area contributed by atoms with Crippen LogP contribution in [-0.4, -0.2) is 4.98 Å². The molecular formula is C15H13ClN2S. The monoisotopic (exact) mass is 288 g/mol. The van der Waals surface area contributed by atoms with Gasteiger partial charge in [0.25, 0.3) is 0 Å². The van der Waals surface area contributed by atoms with Gasteiger partial charge in [-0.3, -0.25) is 0 Å². The lowest BCUT2D eigenvalue weighted by atomic mass is 10.1. The Labute approximate surface area is 121 Å². The fraction of sp³-hybridized carbons (Fsp3) is 0.133. The van der Waals surface area contributed by atoms with Crippen LogP contribution in [0.4, 0.5) is 5.82 Å². The first kappa shape index (κ1) is 12.5. The normalized spacial score (nSPS) is 12.5. The van der Waals surface area contributed by atoms with Gasteiger partial charge in [0.2, 0.25) is 0 Å². The number of hydrogen-bond acceptors (Lipinski definition) is 3. The van der Waals surface area contributed by atoms with E-state index in [0.29, 0.717) is 0 Å². The highest BCUT2D eigenvalue weighted by Crippen LogP contribution is 2.28. The highest BCUT2D eigenvalue weighted by atomic mass is 35.5. The van der Waals surface area contributed by atoms with Gasteiger partial charge in [-0.05, 0) is 42.1 Å². The van der Waals surface area contributed by atoms with E-state index in [2.05, 4.69) is 28.7 Å². The quantitative estimate of drug-likeness (QED) is 0.723. The third kappa shape index (κ3) is 2.57. The number of rotatable bonds is 3. The lowest BCUT2D eigenvalue weighted by Gasteiger charge is -2.15. The zero-order valence-corrected chi connectivity index (χ0v) is 12.0. The summed E-state index contributed by atoms with van der Waals surface area (Å²) in [5.41, 5.74) is 1.19. The maximum absolute atomic E-state index is 5.91. The summed E-state index contributed by atoms with van der Waals surface area (Å²) < 4.78 is 1.25. The van der Waals surface area contributed by atoms with Gasteiger partial charge in [0.1, 0.15) is 5.82 Å². The topological polar surface area (TPSA) is 24.9 Å². The lowest BCUT2D eigenvalue weighted by molar-refractivity contribution is 0.878. The molecule has 0 aliphatic carbocycles. The minimum Gasteiger partial charge on any atom is -0.363 e. The van der Waals surface area contributed by atoms with Crippen LogP contribution in [0.25, 0.3) is 10.1 Å². The van der Waals surface area contributed by atoms with Crippen molar-refractivity contribution in [1.29, 1.82) is 0 Å². The summed E-state index contributed by atoms with van der Waals surface area (Å²) >= 11 is 7.64. The number of hydrogen-bond donors (Lipinski definition) is 1. The molecule has 19 heavy (non-hydrogen) atoms. The highest BCUT2D eigenvalue weighted by molar-refractivity contribution is 7.17. The molecule has 2 heterocycles. The average Bonchev–Trinajstić information content (AvgIpc) is 2.89. The molecule has 0 bridgehead atoms. The van der Waals surface area contributed by atoms with E-state index < -0.39 is 0 Å². The number of anilines is 1.